The molecular formula is C15H29BN2. The van der Waals surface area contributed by atoms with Crippen molar-refractivity contribution in [3.05, 3.63) is 0 Å². The van der Waals surface area contributed by atoms with Crippen molar-refractivity contribution >= 4 is 13.7 Å². The number of hydrogen-bond donors (Lipinski definition) is 0. The van der Waals surface area contributed by atoms with Crippen LogP contribution in [-0.4, -0.2) is 39.2 Å². The molecule has 2 rings (SSSR count). The Kier molecular flexibility index (Phi) is 4.39. The largest absolute Gasteiger partial charge is 0.363 e. The number of nitrogens with zero attached hydrogens (tertiary/aromatic N) is 2. The van der Waals surface area contributed by atoms with E-state index < -0.39 is 0 Å². The first-order valence-electron chi connectivity index (χ1n) is 7.71. The van der Waals surface area contributed by atoms with Gasteiger partial charge in [0.05, 0.1) is 0 Å². The Hall–Kier alpha value is -0.465. The van der Waals surface area contributed by atoms with E-state index in [1.54, 1.807) is 0 Å². The van der Waals surface area contributed by atoms with E-state index >= 15 is 0 Å². The maximum absolute atomic E-state index is 4.59. The Morgan fingerprint density at radius 2 is 2.00 bits per heavy atom. The van der Waals surface area contributed by atoms with Crippen LogP contribution in [0.15, 0.2) is 4.99 Å². The third-order valence-corrected chi connectivity index (χ3v) is 5.17. The van der Waals surface area contributed by atoms with Crippen LogP contribution in [-0.2, 0) is 0 Å². The molecule has 1 aliphatic heterocycles. The molecular weight excluding hydrogens is 219 g/mol. The summed E-state index contributed by atoms with van der Waals surface area (Å²) < 4.78 is 0. The molecule has 1 saturated heterocycles. The Bertz CT molecular complexity index is 312. The van der Waals surface area contributed by atoms with E-state index in [1.165, 1.54) is 57.3 Å². The van der Waals surface area contributed by atoms with Crippen molar-refractivity contribution < 1.29 is 0 Å². The molecule has 18 heavy (non-hydrogen) atoms. The fourth-order valence-corrected chi connectivity index (χ4v) is 3.88. The van der Waals surface area contributed by atoms with Gasteiger partial charge in [0.2, 0.25) is 0 Å². The van der Waals surface area contributed by atoms with E-state index in [0.29, 0.717) is 5.31 Å². The molecule has 3 heteroatoms. The molecule has 1 aliphatic carbocycles. The van der Waals surface area contributed by atoms with E-state index in [-0.39, 0.29) is 0 Å². The van der Waals surface area contributed by atoms with Gasteiger partial charge in [0.15, 0.2) is 0 Å². The highest BCUT2D eigenvalue weighted by Crippen LogP contribution is 2.42. The first kappa shape index (κ1) is 14.0. The van der Waals surface area contributed by atoms with Crippen LogP contribution in [0.3, 0.4) is 0 Å². The molecule has 3 atom stereocenters. The van der Waals surface area contributed by atoms with Gasteiger partial charge in [-0.1, -0.05) is 37.9 Å². The van der Waals surface area contributed by atoms with Crippen molar-refractivity contribution in [1.29, 1.82) is 0 Å². The van der Waals surface area contributed by atoms with Gasteiger partial charge in [-0.05, 0) is 25.2 Å². The molecule has 1 saturated carbocycles. The van der Waals surface area contributed by atoms with Crippen LogP contribution < -0.4 is 0 Å². The lowest BCUT2D eigenvalue weighted by Crippen LogP contribution is -2.43. The number of aliphatic imine (C=N–C) groups is 1. The van der Waals surface area contributed by atoms with Gasteiger partial charge in [0, 0.05) is 26.6 Å². The van der Waals surface area contributed by atoms with Crippen molar-refractivity contribution in [3.63, 3.8) is 0 Å². The fraction of sp³-hybridized carbons (Fsp3) is 0.933. The van der Waals surface area contributed by atoms with Crippen LogP contribution >= 0.6 is 0 Å². The smallest absolute Gasteiger partial charge is 0.109 e. The van der Waals surface area contributed by atoms with E-state index in [9.17, 15) is 0 Å². The van der Waals surface area contributed by atoms with Crippen LogP contribution in [0.5, 0.6) is 0 Å². The molecule has 0 spiro atoms. The highest BCUT2D eigenvalue weighted by Gasteiger charge is 2.34. The number of rotatable bonds is 0. The third kappa shape index (κ3) is 3.10. The number of fused-ring (bicyclic) bond motifs is 1. The summed E-state index contributed by atoms with van der Waals surface area (Å²) in [5, 5.41) is 0.557. The van der Waals surface area contributed by atoms with Crippen LogP contribution in [0.1, 0.15) is 51.9 Å². The van der Waals surface area contributed by atoms with Crippen LogP contribution in [0.25, 0.3) is 0 Å². The second-order valence-corrected chi connectivity index (χ2v) is 7.11. The van der Waals surface area contributed by atoms with E-state index in [4.69, 9.17) is 0 Å². The fourth-order valence-electron chi connectivity index (χ4n) is 3.88. The second-order valence-electron chi connectivity index (χ2n) is 7.11. The van der Waals surface area contributed by atoms with Gasteiger partial charge in [0.25, 0.3) is 0 Å². The average molecular weight is 248 g/mol. The molecule has 0 aromatic heterocycles. The Morgan fingerprint density at radius 1 is 1.22 bits per heavy atom. The zero-order valence-corrected chi connectivity index (χ0v) is 12.7. The number of hydrogen-bond acceptors (Lipinski definition) is 1. The maximum atomic E-state index is 4.59. The molecule has 2 aliphatic rings. The minimum absolute atomic E-state index is 0.557. The number of piperidine rings is 1. The lowest BCUT2D eigenvalue weighted by molar-refractivity contribution is 0.248. The van der Waals surface area contributed by atoms with Crippen molar-refractivity contribution in [2.75, 3.05) is 20.6 Å². The Balaban J connectivity index is 2.12. The predicted octanol–water partition coefficient (Wildman–Crippen LogP) is 2.75. The normalized spacial score (nSPS) is 40.8. The molecule has 2 nitrogen and oxygen atoms in total. The van der Waals surface area contributed by atoms with Crippen LogP contribution in [0.4, 0.5) is 0 Å². The summed E-state index contributed by atoms with van der Waals surface area (Å²) in [6.45, 7) is 3.66. The molecule has 0 amide bonds. The summed E-state index contributed by atoms with van der Waals surface area (Å²) in [7, 11) is 6.65. The van der Waals surface area contributed by atoms with Gasteiger partial charge in [-0.3, -0.25) is 4.99 Å². The van der Waals surface area contributed by atoms with Gasteiger partial charge in [-0.2, -0.15) is 0 Å². The standard InChI is InChI=1S/C15H29BN2/c1-15(16)9-5-4-6-13-12(7-10-15)8-11-18(3)14(13)17-2/h12-13H,4-11,16H2,1-3H3/b17-14-. The van der Waals surface area contributed by atoms with E-state index in [0.717, 1.165) is 11.8 Å². The highest BCUT2D eigenvalue weighted by molar-refractivity contribution is 6.14. The quantitative estimate of drug-likeness (QED) is 0.602. The van der Waals surface area contributed by atoms with Gasteiger partial charge in [-0.25, -0.2) is 0 Å². The first-order chi connectivity index (χ1) is 8.53. The Labute approximate surface area is 114 Å². The lowest BCUT2D eigenvalue weighted by Gasteiger charge is -2.39. The van der Waals surface area contributed by atoms with Gasteiger partial charge < -0.3 is 4.90 Å². The van der Waals surface area contributed by atoms with Crippen molar-refractivity contribution in [2.24, 2.45) is 16.8 Å². The van der Waals surface area contributed by atoms with E-state index in [2.05, 4.69) is 31.7 Å². The average Bonchev–Trinajstić information content (AvgIpc) is 2.39. The maximum Gasteiger partial charge on any atom is 0.109 e. The SMILES string of the molecule is BC1(C)CCCCC2/C(=N/C)N(C)CCC2CC1. The molecule has 0 N–H and O–H groups in total. The summed E-state index contributed by atoms with van der Waals surface area (Å²) in [6, 6.07) is 0. The number of likely N-dealkylation sites (tertiary alicyclic amines) is 1. The third-order valence-electron chi connectivity index (χ3n) is 5.17. The molecule has 1 heterocycles. The molecule has 0 radical (unpaired) electrons. The monoisotopic (exact) mass is 248 g/mol. The predicted molar refractivity (Wildman–Crippen MR) is 82.2 cm³/mol. The lowest BCUT2D eigenvalue weighted by atomic mass is 9.63. The number of amidine groups is 1. The zero-order chi connectivity index (χ0) is 13.2. The first-order valence-corrected chi connectivity index (χ1v) is 7.71. The summed E-state index contributed by atoms with van der Waals surface area (Å²) >= 11 is 0. The molecule has 0 bridgehead atoms. The minimum Gasteiger partial charge on any atom is -0.363 e. The molecule has 2 fully saturated rings. The van der Waals surface area contributed by atoms with Crippen molar-refractivity contribution in [3.8, 4) is 0 Å². The van der Waals surface area contributed by atoms with Crippen LogP contribution in [0.2, 0.25) is 5.31 Å². The highest BCUT2D eigenvalue weighted by atomic mass is 15.2. The minimum atomic E-state index is 0.557. The summed E-state index contributed by atoms with van der Waals surface area (Å²) in [5.41, 5.74) is 0. The summed E-state index contributed by atoms with van der Waals surface area (Å²) in [6.07, 6.45) is 9.72. The molecule has 0 aromatic carbocycles. The van der Waals surface area contributed by atoms with Crippen LogP contribution in [0, 0.1) is 11.8 Å². The van der Waals surface area contributed by atoms with Gasteiger partial charge in [0.1, 0.15) is 13.7 Å². The van der Waals surface area contributed by atoms with Crippen molar-refractivity contribution in [1.82, 2.24) is 4.90 Å². The van der Waals surface area contributed by atoms with E-state index in [1.807, 2.05) is 7.05 Å². The summed E-state index contributed by atoms with van der Waals surface area (Å²) in [5.74, 6) is 3.01. The molecule has 102 valence electrons. The zero-order valence-electron chi connectivity index (χ0n) is 12.7. The summed E-state index contributed by atoms with van der Waals surface area (Å²) in [4.78, 5) is 6.99. The topological polar surface area (TPSA) is 15.6 Å². The molecule has 0 aromatic rings. The van der Waals surface area contributed by atoms with Gasteiger partial charge >= 0.3 is 0 Å². The van der Waals surface area contributed by atoms with Crippen molar-refractivity contribution in [2.45, 2.75) is 57.2 Å². The van der Waals surface area contributed by atoms with Gasteiger partial charge in [-0.15, -0.1) is 0 Å². The molecule has 3 unspecified atom stereocenters. The second kappa shape index (κ2) is 5.67. The Morgan fingerprint density at radius 3 is 2.72 bits per heavy atom.